The molecule has 0 aliphatic carbocycles. The Kier molecular flexibility index (Phi) is 7.04. The van der Waals surface area contributed by atoms with Gasteiger partial charge in [-0.1, -0.05) is 18.2 Å². The lowest BCUT2D eigenvalue weighted by Crippen LogP contribution is -2.26. The number of rotatable bonds is 8. The first-order valence-corrected chi connectivity index (χ1v) is 11.3. The van der Waals surface area contributed by atoms with Gasteiger partial charge in [0.15, 0.2) is 0 Å². The number of nitrogens with one attached hydrogen (secondary N) is 1. The summed E-state index contributed by atoms with van der Waals surface area (Å²) in [5.41, 5.74) is 6.00. The molecule has 0 aliphatic heterocycles. The largest absolute Gasteiger partial charge is 0.416 e. The van der Waals surface area contributed by atoms with Crippen LogP contribution in [0.2, 0.25) is 0 Å². The minimum absolute atomic E-state index is 0.00917. The number of nitrogens with zero attached hydrogens (tertiary/aromatic N) is 3. The zero-order valence-electron chi connectivity index (χ0n) is 17.1. The maximum absolute atomic E-state index is 13.1. The minimum Gasteiger partial charge on any atom is -0.382 e. The summed E-state index contributed by atoms with van der Waals surface area (Å²) in [5, 5.41) is 13.7. The Morgan fingerprint density at radius 1 is 1.15 bits per heavy atom. The normalized spacial score (nSPS) is 12.0. The Bertz CT molecular complexity index is 1280. The van der Waals surface area contributed by atoms with E-state index in [0.29, 0.717) is 11.4 Å². The molecule has 3 rings (SSSR count). The van der Waals surface area contributed by atoms with Crippen LogP contribution >= 0.6 is 0 Å². The van der Waals surface area contributed by atoms with E-state index >= 15 is 0 Å². The zero-order chi connectivity index (χ0) is 24.2. The van der Waals surface area contributed by atoms with Crippen molar-refractivity contribution in [3.63, 3.8) is 0 Å². The first kappa shape index (κ1) is 24.2. The summed E-state index contributed by atoms with van der Waals surface area (Å²) >= 11 is 0. The molecule has 0 amide bonds. The van der Waals surface area contributed by atoms with Crippen LogP contribution in [-0.2, 0) is 28.4 Å². The Balaban J connectivity index is 1.62. The quantitative estimate of drug-likeness (QED) is 0.377. The maximum Gasteiger partial charge on any atom is 0.416 e. The third-order valence-electron chi connectivity index (χ3n) is 4.70. The van der Waals surface area contributed by atoms with Crippen molar-refractivity contribution in [2.24, 2.45) is 0 Å². The van der Waals surface area contributed by atoms with E-state index in [0.717, 1.165) is 18.2 Å². The van der Waals surface area contributed by atoms with Gasteiger partial charge in [-0.3, -0.25) is 0 Å². The topological polar surface area (TPSA) is 114 Å². The molecule has 0 aliphatic rings. The molecule has 3 N–H and O–H groups in total. The van der Waals surface area contributed by atoms with Crippen LogP contribution in [0.1, 0.15) is 28.8 Å². The highest BCUT2D eigenvalue weighted by Crippen LogP contribution is 2.29. The molecule has 0 bridgehead atoms. The molecule has 0 atom stereocenters. The smallest absolute Gasteiger partial charge is 0.382 e. The van der Waals surface area contributed by atoms with Gasteiger partial charge in [-0.05, 0) is 48.7 Å². The highest BCUT2D eigenvalue weighted by molar-refractivity contribution is 7.88. The molecule has 7 nitrogen and oxygen atoms in total. The van der Waals surface area contributed by atoms with Gasteiger partial charge in [-0.2, -0.15) is 23.5 Å². The first-order valence-electron chi connectivity index (χ1n) is 9.67. The molecule has 0 unspecified atom stereocenters. The van der Waals surface area contributed by atoms with E-state index in [1.54, 1.807) is 0 Å². The van der Waals surface area contributed by atoms with Crippen LogP contribution in [0.15, 0.2) is 48.5 Å². The summed E-state index contributed by atoms with van der Waals surface area (Å²) in [4.78, 5) is 0. The molecule has 174 valence electrons. The van der Waals surface area contributed by atoms with Crippen molar-refractivity contribution in [3.05, 3.63) is 76.7 Å². The summed E-state index contributed by atoms with van der Waals surface area (Å²) in [6.45, 7) is -0.0184. The first-order chi connectivity index (χ1) is 15.5. The fourth-order valence-corrected chi connectivity index (χ4v) is 4.32. The average Bonchev–Trinajstić information content (AvgIpc) is 3.06. The summed E-state index contributed by atoms with van der Waals surface area (Å²) in [7, 11) is -3.89. The average molecular weight is 481 g/mol. The van der Waals surface area contributed by atoms with Crippen LogP contribution in [0.4, 0.5) is 23.4 Å². The third-order valence-corrected chi connectivity index (χ3v) is 6.06. The van der Waals surface area contributed by atoms with E-state index in [9.17, 15) is 31.2 Å². The molecular formula is C21H19F4N5O2S. The zero-order valence-corrected chi connectivity index (χ0v) is 17.9. The van der Waals surface area contributed by atoms with Crippen molar-refractivity contribution in [1.82, 2.24) is 14.5 Å². The second-order valence-electron chi connectivity index (χ2n) is 7.16. The lowest BCUT2D eigenvalue weighted by atomic mass is 10.1. The van der Waals surface area contributed by atoms with E-state index in [-0.39, 0.29) is 36.3 Å². The lowest BCUT2D eigenvalue weighted by Gasteiger charge is -2.10. The number of hydrogen-bond acceptors (Lipinski definition) is 5. The van der Waals surface area contributed by atoms with Crippen molar-refractivity contribution in [1.29, 1.82) is 5.26 Å². The second-order valence-corrected chi connectivity index (χ2v) is 8.97. The molecule has 33 heavy (non-hydrogen) atoms. The van der Waals surface area contributed by atoms with Crippen LogP contribution in [0.25, 0.3) is 5.69 Å². The lowest BCUT2D eigenvalue weighted by molar-refractivity contribution is -0.137. The number of hydrogen-bond donors (Lipinski definition) is 2. The number of halogens is 4. The molecule has 1 heterocycles. The van der Waals surface area contributed by atoms with Crippen molar-refractivity contribution in [3.8, 4) is 11.8 Å². The van der Waals surface area contributed by atoms with Gasteiger partial charge in [0.2, 0.25) is 10.0 Å². The minimum atomic E-state index is -4.56. The third kappa shape index (κ3) is 6.09. The number of benzene rings is 2. The van der Waals surface area contributed by atoms with Crippen LogP contribution in [0.3, 0.4) is 0 Å². The summed E-state index contributed by atoms with van der Waals surface area (Å²) in [6, 6.07) is 11.4. The molecule has 0 saturated heterocycles. The molecule has 3 aromatic rings. The highest BCUT2D eigenvalue weighted by atomic mass is 32.2. The van der Waals surface area contributed by atoms with E-state index in [1.165, 1.54) is 35.0 Å². The standard InChI is InChI=1S/C21H19F4N5O2S/c22-16-6-8-17(9-7-16)30-20(27)18(12-26)19(29-30)5-2-10-28-33(31,32)13-14-3-1-4-15(11-14)21(23,24)25/h1,3-4,6-9,11,28H,2,5,10,13,27H2. The van der Waals surface area contributed by atoms with E-state index in [2.05, 4.69) is 9.82 Å². The molecule has 0 fully saturated rings. The number of nitriles is 1. The van der Waals surface area contributed by atoms with Gasteiger partial charge in [0, 0.05) is 6.54 Å². The van der Waals surface area contributed by atoms with Crippen LogP contribution in [0, 0.1) is 17.1 Å². The molecule has 0 spiro atoms. The molecule has 2 aromatic carbocycles. The fourth-order valence-electron chi connectivity index (χ4n) is 3.15. The van der Waals surface area contributed by atoms with Crippen molar-refractivity contribution < 1.29 is 26.0 Å². The van der Waals surface area contributed by atoms with Gasteiger partial charge in [-0.25, -0.2) is 22.2 Å². The van der Waals surface area contributed by atoms with Gasteiger partial charge >= 0.3 is 6.18 Å². The summed E-state index contributed by atoms with van der Waals surface area (Å²) in [6.07, 6.45) is -4.09. The number of aromatic nitrogens is 2. The van der Waals surface area contributed by atoms with E-state index in [1.807, 2.05) is 6.07 Å². The number of nitrogen functional groups attached to an aromatic ring is 1. The predicted octanol–water partition coefficient (Wildman–Crippen LogP) is 3.54. The Morgan fingerprint density at radius 2 is 1.85 bits per heavy atom. The maximum atomic E-state index is 13.1. The van der Waals surface area contributed by atoms with Crippen molar-refractivity contribution in [2.45, 2.75) is 24.8 Å². The van der Waals surface area contributed by atoms with Gasteiger partial charge in [0.05, 0.1) is 22.7 Å². The van der Waals surface area contributed by atoms with E-state index in [4.69, 9.17) is 5.73 Å². The number of aryl methyl sites for hydroxylation is 1. The molecule has 0 saturated carbocycles. The molecule has 1 aromatic heterocycles. The number of anilines is 1. The van der Waals surface area contributed by atoms with Crippen molar-refractivity contribution >= 4 is 15.8 Å². The Labute approximate surface area is 187 Å². The second kappa shape index (κ2) is 9.60. The molecular weight excluding hydrogens is 462 g/mol. The van der Waals surface area contributed by atoms with Crippen molar-refractivity contribution in [2.75, 3.05) is 12.3 Å². The SMILES string of the molecule is N#Cc1c(CCCNS(=O)(=O)Cc2cccc(C(F)(F)F)c2)nn(-c2ccc(F)cc2)c1N. The van der Waals surface area contributed by atoms with Gasteiger partial charge in [0.25, 0.3) is 0 Å². The number of nitrogens with two attached hydrogens (primary N) is 1. The monoisotopic (exact) mass is 481 g/mol. The summed E-state index contributed by atoms with van der Waals surface area (Å²) in [5.74, 6) is -0.973. The number of sulfonamides is 1. The van der Waals surface area contributed by atoms with E-state index < -0.39 is 33.3 Å². The van der Waals surface area contributed by atoms with Gasteiger partial charge in [0.1, 0.15) is 23.3 Å². The highest BCUT2D eigenvalue weighted by Gasteiger charge is 2.30. The fraction of sp³-hybridized carbons (Fsp3) is 0.238. The predicted molar refractivity (Wildman–Crippen MR) is 113 cm³/mol. The Morgan fingerprint density at radius 3 is 2.48 bits per heavy atom. The van der Waals surface area contributed by atoms with Crippen LogP contribution in [0.5, 0.6) is 0 Å². The molecule has 0 radical (unpaired) electrons. The molecule has 12 heteroatoms. The van der Waals surface area contributed by atoms with Gasteiger partial charge in [-0.15, -0.1) is 0 Å². The van der Waals surface area contributed by atoms with Crippen LogP contribution < -0.4 is 10.5 Å². The Hall–Kier alpha value is -3.43. The van der Waals surface area contributed by atoms with Gasteiger partial charge < -0.3 is 5.73 Å². The number of alkyl halides is 3. The summed E-state index contributed by atoms with van der Waals surface area (Å²) < 4.78 is 79.7. The van der Waals surface area contributed by atoms with Crippen LogP contribution in [-0.4, -0.2) is 24.7 Å².